The van der Waals surface area contributed by atoms with E-state index in [9.17, 15) is 0 Å². The van der Waals surface area contributed by atoms with E-state index in [0.717, 1.165) is 26.1 Å². The Morgan fingerprint density at radius 3 is 2.67 bits per heavy atom. The summed E-state index contributed by atoms with van der Waals surface area (Å²) in [5.74, 6) is 0. The van der Waals surface area contributed by atoms with Gasteiger partial charge in [0.2, 0.25) is 0 Å². The molecule has 1 aliphatic heterocycles. The minimum Gasteiger partial charge on any atom is -0.324 e. The molecule has 110 valence electrons. The standard InChI is InChI=1S/C18H21BrN2/c1-13(20)15-7-5-14(6-8-15)11-21-10-9-17-16(12-21)3-2-4-18(17)19/h2-8,13H,9-12,20H2,1H3/t13-/m0/s1. The molecule has 0 bridgehead atoms. The summed E-state index contributed by atoms with van der Waals surface area (Å²) >= 11 is 3.66. The number of hydrogen-bond donors (Lipinski definition) is 1. The van der Waals surface area contributed by atoms with Crippen LogP contribution in [0.1, 0.15) is 35.2 Å². The van der Waals surface area contributed by atoms with Gasteiger partial charge >= 0.3 is 0 Å². The number of fused-ring (bicyclic) bond motifs is 1. The summed E-state index contributed by atoms with van der Waals surface area (Å²) in [5.41, 5.74) is 11.4. The Bertz CT molecular complexity index is 620. The third-order valence-corrected chi connectivity index (χ3v) is 4.94. The molecule has 0 aromatic heterocycles. The van der Waals surface area contributed by atoms with Gasteiger partial charge in [0.05, 0.1) is 0 Å². The zero-order valence-electron chi connectivity index (χ0n) is 12.3. The van der Waals surface area contributed by atoms with Crippen molar-refractivity contribution in [1.82, 2.24) is 4.90 Å². The number of halogens is 1. The van der Waals surface area contributed by atoms with Gasteiger partial charge < -0.3 is 5.73 Å². The molecule has 0 radical (unpaired) electrons. The Morgan fingerprint density at radius 1 is 1.19 bits per heavy atom. The summed E-state index contributed by atoms with van der Waals surface area (Å²) in [6, 6.07) is 15.3. The molecule has 2 aromatic carbocycles. The average Bonchev–Trinajstić information content (AvgIpc) is 2.48. The van der Waals surface area contributed by atoms with Crippen LogP contribution in [0.15, 0.2) is 46.9 Å². The molecule has 0 fully saturated rings. The van der Waals surface area contributed by atoms with Gasteiger partial charge in [-0.15, -0.1) is 0 Å². The highest BCUT2D eigenvalue weighted by Gasteiger charge is 2.17. The van der Waals surface area contributed by atoms with Gasteiger partial charge in [-0.3, -0.25) is 4.90 Å². The van der Waals surface area contributed by atoms with Crippen molar-refractivity contribution in [1.29, 1.82) is 0 Å². The lowest BCUT2D eigenvalue weighted by atomic mass is 9.99. The molecule has 2 nitrogen and oxygen atoms in total. The van der Waals surface area contributed by atoms with Crippen LogP contribution >= 0.6 is 15.9 Å². The van der Waals surface area contributed by atoms with Crippen molar-refractivity contribution >= 4 is 15.9 Å². The molecule has 0 saturated heterocycles. The van der Waals surface area contributed by atoms with Crippen molar-refractivity contribution in [2.45, 2.75) is 32.5 Å². The highest BCUT2D eigenvalue weighted by atomic mass is 79.9. The van der Waals surface area contributed by atoms with Crippen molar-refractivity contribution in [2.24, 2.45) is 5.73 Å². The van der Waals surface area contributed by atoms with Crippen molar-refractivity contribution in [3.63, 3.8) is 0 Å². The predicted molar refractivity (Wildman–Crippen MR) is 91.0 cm³/mol. The summed E-state index contributed by atoms with van der Waals surface area (Å²) in [4.78, 5) is 2.51. The predicted octanol–water partition coefficient (Wildman–Crippen LogP) is 4.03. The maximum Gasteiger partial charge on any atom is 0.0266 e. The second kappa shape index (κ2) is 6.30. The highest BCUT2D eigenvalue weighted by molar-refractivity contribution is 9.10. The lowest BCUT2D eigenvalue weighted by molar-refractivity contribution is 0.245. The fourth-order valence-electron chi connectivity index (χ4n) is 2.94. The number of nitrogens with zero attached hydrogens (tertiary/aromatic N) is 1. The van der Waals surface area contributed by atoms with Gasteiger partial charge in [-0.05, 0) is 41.7 Å². The van der Waals surface area contributed by atoms with Gasteiger partial charge in [-0.25, -0.2) is 0 Å². The van der Waals surface area contributed by atoms with E-state index >= 15 is 0 Å². The van der Waals surface area contributed by atoms with Gasteiger partial charge in [0.15, 0.2) is 0 Å². The second-order valence-electron chi connectivity index (χ2n) is 5.87. The van der Waals surface area contributed by atoms with Crippen LogP contribution in [0.4, 0.5) is 0 Å². The van der Waals surface area contributed by atoms with Gasteiger partial charge in [0.1, 0.15) is 0 Å². The van der Waals surface area contributed by atoms with E-state index in [-0.39, 0.29) is 6.04 Å². The van der Waals surface area contributed by atoms with Crippen LogP contribution in [-0.2, 0) is 19.5 Å². The van der Waals surface area contributed by atoms with Crippen molar-refractivity contribution in [3.8, 4) is 0 Å². The van der Waals surface area contributed by atoms with Crippen LogP contribution in [0.3, 0.4) is 0 Å². The summed E-state index contributed by atoms with van der Waals surface area (Å²) < 4.78 is 1.25. The fourth-order valence-corrected chi connectivity index (χ4v) is 3.55. The van der Waals surface area contributed by atoms with Crippen LogP contribution in [0.2, 0.25) is 0 Å². The molecule has 1 atom stereocenters. The summed E-state index contributed by atoms with van der Waals surface area (Å²) in [6.07, 6.45) is 1.12. The van der Waals surface area contributed by atoms with Crippen LogP contribution in [0, 0.1) is 0 Å². The SMILES string of the molecule is C[C@H](N)c1ccc(CN2CCc3c(Br)cccc3C2)cc1. The molecular formula is C18H21BrN2. The maximum atomic E-state index is 5.90. The second-order valence-corrected chi connectivity index (χ2v) is 6.72. The fraction of sp³-hybridized carbons (Fsp3) is 0.333. The first-order valence-corrected chi connectivity index (χ1v) is 8.26. The lowest BCUT2D eigenvalue weighted by Crippen LogP contribution is -2.30. The van der Waals surface area contributed by atoms with Crippen LogP contribution < -0.4 is 5.73 Å². The molecule has 0 saturated carbocycles. The van der Waals surface area contributed by atoms with Crippen LogP contribution in [0.25, 0.3) is 0 Å². The van der Waals surface area contributed by atoms with Gasteiger partial charge in [0, 0.05) is 30.1 Å². The molecular weight excluding hydrogens is 324 g/mol. The first-order chi connectivity index (χ1) is 10.1. The first kappa shape index (κ1) is 14.8. The Kier molecular flexibility index (Phi) is 4.43. The Labute approximate surface area is 135 Å². The lowest BCUT2D eigenvalue weighted by Gasteiger charge is -2.29. The zero-order valence-corrected chi connectivity index (χ0v) is 13.9. The van der Waals surface area contributed by atoms with E-state index in [2.05, 4.69) is 63.3 Å². The Hall–Kier alpha value is -1.16. The van der Waals surface area contributed by atoms with Gasteiger partial charge in [-0.2, -0.15) is 0 Å². The Morgan fingerprint density at radius 2 is 1.95 bits per heavy atom. The third-order valence-electron chi connectivity index (χ3n) is 4.20. The number of hydrogen-bond acceptors (Lipinski definition) is 2. The number of rotatable bonds is 3. The Balaban J connectivity index is 1.69. The topological polar surface area (TPSA) is 29.3 Å². The quantitative estimate of drug-likeness (QED) is 0.910. The molecule has 2 aromatic rings. The summed E-state index contributed by atoms with van der Waals surface area (Å²) in [5, 5.41) is 0. The molecule has 1 aliphatic rings. The minimum absolute atomic E-state index is 0.110. The molecule has 2 N–H and O–H groups in total. The minimum atomic E-state index is 0.110. The van der Waals surface area contributed by atoms with Gasteiger partial charge in [0.25, 0.3) is 0 Å². The average molecular weight is 345 g/mol. The van der Waals surface area contributed by atoms with Gasteiger partial charge in [-0.1, -0.05) is 52.3 Å². The smallest absolute Gasteiger partial charge is 0.0266 e. The molecule has 1 heterocycles. The van der Waals surface area contributed by atoms with E-state index in [4.69, 9.17) is 5.73 Å². The molecule has 0 aliphatic carbocycles. The van der Waals surface area contributed by atoms with Crippen LogP contribution in [-0.4, -0.2) is 11.4 Å². The van der Waals surface area contributed by atoms with Crippen molar-refractivity contribution < 1.29 is 0 Å². The molecule has 0 amide bonds. The monoisotopic (exact) mass is 344 g/mol. The molecule has 0 spiro atoms. The summed E-state index contributed by atoms with van der Waals surface area (Å²) in [7, 11) is 0. The van der Waals surface area contributed by atoms with E-state index < -0.39 is 0 Å². The number of nitrogens with two attached hydrogens (primary N) is 1. The van der Waals surface area contributed by atoms with E-state index in [1.165, 1.54) is 26.7 Å². The normalized spacial score (nSPS) is 16.5. The largest absolute Gasteiger partial charge is 0.324 e. The third kappa shape index (κ3) is 3.37. The maximum absolute atomic E-state index is 5.90. The van der Waals surface area contributed by atoms with E-state index in [1.54, 1.807) is 0 Å². The molecule has 21 heavy (non-hydrogen) atoms. The number of benzene rings is 2. The molecule has 0 unspecified atom stereocenters. The highest BCUT2D eigenvalue weighted by Crippen LogP contribution is 2.27. The molecule has 3 heteroatoms. The van der Waals surface area contributed by atoms with Crippen molar-refractivity contribution in [3.05, 3.63) is 69.2 Å². The zero-order chi connectivity index (χ0) is 14.8. The van der Waals surface area contributed by atoms with E-state index in [1.807, 2.05) is 6.92 Å². The first-order valence-electron chi connectivity index (χ1n) is 7.46. The molecule has 3 rings (SSSR count). The van der Waals surface area contributed by atoms with E-state index in [0.29, 0.717) is 0 Å². The summed E-state index contributed by atoms with van der Waals surface area (Å²) in [6.45, 7) is 5.17. The van der Waals surface area contributed by atoms with Crippen molar-refractivity contribution in [2.75, 3.05) is 6.54 Å². The van der Waals surface area contributed by atoms with Crippen LogP contribution in [0.5, 0.6) is 0 Å².